The summed E-state index contributed by atoms with van der Waals surface area (Å²) in [6.07, 6.45) is 0.225. The molecule has 6 nitrogen and oxygen atoms in total. The number of aliphatic imine (C=N–C) groups is 1. The highest BCUT2D eigenvalue weighted by Gasteiger charge is 2.33. The summed E-state index contributed by atoms with van der Waals surface area (Å²) in [6, 6.07) is 10.5. The molecule has 0 saturated carbocycles. The molecule has 2 aromatic carbocycles. The fraction of sp³-hybridized carbons (Fsp3) is 0.273. The van der Waals surface area contributed by atoms with Gasteiger partial charge in [0.2, 0.25) is 0 Å². The van der Waals surface area contributed by atoms with E-state index in [1.54, 1.807) is 36.4 Å². The van der Waals surface area contributed by atoms with Gasteiger partial charge in [0.15, 0.2) is 5.17 Å². The van der Waals surface area contributed by atoms with Gasteiger partial charge in [-0.25, -0.2) is 4.39 Å². The van der Waals surface area contributed by atoms with Gasteiger partial charge in [-0.3, -0.25) is 25.5 Å². The number of amidine groups is 2. The van der Waals surface area contributed by atoms with Crippen molar-refractivity contribution in [3.05, 3.63) is 64.4 Å². The molecule has 0 bridgehead atoms. The minimum atomic E-state index is -0.780. The average Bonchev–Trinajstić information content (AvgIpc) is 2.86. The van der Waals surface area contributed by atoms with Gasteiger partial charge >= 0.3 is 5.97 Å². The highest BCUT2D eigenvalue weighted by atomic mass is 35.5. The number of esters is 1. The number of anilines is 1. The second kappa shape index (κ2) is 10.1. The Bertz CT molecular complexity index is 1060. The van der Waals surface area contributed by atoms with E-state index in [4.69, 9.17) is 32.1 Å². The van der Waals surface area contributed by atoms with Crippen molar-refractivity contribution in [2.24, 2.45) is 4.99 Å². The fourth-order valence-electron chi connectivity index (χ4n) is 3.30. The molecular weight excluding hydrogens is 439 g/mol. The molecule has 0 unspecified atom stereocenters. The lowest BCUT2D eigenvalue weighted by Gasteiger charge is -2.27. The number of ether oxygens (including phenoxy) is 1. The maximum Gasteiger partial charge on any atom is 0.305 e. The zero-order chi connectivity index (χ0) is 22.5. The molecule has 0 aliphatic carbocycles. The number of nitrogens with one attached hydrogen (secondary N) is 2. The van der Waals surface area contributed by atoms with Gasteiger partial charge in [0.25, 0.3) is 0 Å². The Morgan fingerprint density at radius 1 is 1.29 bits per heavy atom. The highest BCUT2D eigenvalue weighted by molar-refractivity contribution is 8.14. The summed E-state index contributed by atoms with van der Waals surface area (Å²) in [5, 5.41) is 17.9. The standard InChI is InChI=1S/C22H22ClFN4O2S/c1-3-31-22(26)28-18-10-8-13(23)12-15(18)20(14-6-4-5-7-16(14)24)27-17(21(28)25)9-11-19(29)30-2/h4-8,10,12,17,25-26H,3,9,11H2,1-2H3/t17-/m0/s1. The van der Waals surface area contributed by atoms with Gasteiger partial charge in [0.1, 0.15) is 17.7 Å². The Labute approximate surface area is 189 Å². The normalized spacial score (nSPS) is 15.7. The van der Waals surface area contributed by atoms with Gasteiger partial charge in [-0.2, -0.15) is 0 Å². The summed E-state index contributed by atoms with van der Waals surface area (Å²) < 4.78 is 19.5. The smallest absolute Gasteiger partial charge is 0.305 e. The number of thioether (sulfide) groups is 1. The van der Waals surface area contributed by atoms with Crippen molar-refractivity contribution in [2.45, 2.75) is 25.8 Å². The van der Waals surface area contributed by atoms with Crippen molar-refractivity contribution in [1.82, 2.24) is 0 Å². The molecule has 162 valence electrons. The van der Waals surface area contributed by atoms with E-state index in [1.807, 2.05) is 6.92 Å². The Hall–Kier alpha value is -2.71. The van der Waals surface area contributed by atoms with Gasteiger partial charge in [-0.1, -0.05) is 42.4 Å². The van der Waals surface area contributed by atoms with Crippen molar-refractivity contribution in [3.63, 3.8) is 0 Å². The zero-order valence-corrected chi connectivity index (χ0v) is 18.7. The maximum absolute atomic E-state index is 14.8. The van der Waals surface area contributed by atoms with Crippen LogP contribution in [0.5, 0.6) is 0 Å². The first-order valence-corrected chi connectivity index (χ1v) is 11.0. The van der Waals surface area contributed by atoms with Crippen LogP contribution in [0.25, 0.3) is 0 Å². The number of halogens is 2. The minimum Gasteiger partial charge on any atom is -0.469 e. The summed E-state index contributed by atoms with van der Waals surface area (Å²) >= 11 is 7.53. The molecule has 0 radical (unpaired) electrons. The third kappa shape index (κ3) is 4.97. The first-order chi connectivity index (χ1) is 14.9. The van der Waals surface area contributed by atoms with Crippen LogP contribution in [0.4, 0.5) is 10.1 Å². The Morgan fingerprint density at radius 2 is 2.03 bits per heavy atom. The van der Waals surface area contributed by atoms with Crippen LogP contribution in [-0.2, 0) is 9.53 Å². The molecule has 1 heterocycles. The molecule has 0 saturated heterocycles. The number of rotatable bonds is 5. The highest BCUT2D eigenvalue weighted by Crippen LogP contribution is 2.34. The number of methoxy groups -OCH3 is 1. The molecule has 1 atom stereocenters. The number of benzodiazepines with no additional fused rings is 1. The number of carbonyl (C=O) groups excluding carboxylic acids is 1. The van der Waals surface area contributed by atoms with Gasteiger partial charge in [0.05, 0.1) is 18.5 Å². The predicted octanol–water partition coefficient (Wildman–Crippen LogP) is 5.12. The van der Waals surface area contributed by atoms with E-state index in [-0.39, 0.29) is 29.4 Å². The van der Waals surface area contributed by atoms with Gasteiger partial charge in [-0.15, -0.1) is 0 Å². The lowest BCUT2D eigenvalue weighted by atomic mass is 9.99. The van der Waals surface area contributed by atoms with Crippen molar-refractivity contribution in [2.75, 3.05) is 17.8 Å². The first-order valence-electron chi connectivity index (χ1n) is 9.66. The Balaban J connectivity index is 2.22. The van der Waals surface area contributed by atoms with Crippen LogP contribution < -0.4 is 4.90 Å². The number of nitrogens with zero attached hydrogens (tertiary/aromatic N) is 2. The van der Waals surface area contributed by atoms with Crippen LogP contribution in [0.1, 0.15) is 30.9 Å². The van der Waals surface area contributed by atoms with Gasteiger partial charge < -0.3 is 4.74 Å². The van der Waals surface area contributed by atoms with Crippen LogP contribution in [0, 0.1) is 16.6 Å². The number of benzene rings is 2. The second-order valence-electron chi connectivity index (χ2n) is 6.71. The molecule has 0 amide bonds. The number of fused-ring (bicyclic) bond motifs is 1. The van der Waals surface area contributed by atoms with E-state index in [0.29, 0.717) is 27.7 Å². The van der Waals surface area contributed by atoms with E-state index in [0.717, 1.165) is 0 Å². The maximum atomic E-state index is 14.8. The van der Waals surface area contributed by atoms with Crippen molar-refractivity contribution >= 4 is 51.7 Å². The number of hydrogen-bond acceptors (Lipinski definition) is 6. The third-order valence-electron chi connectivity index (χ3n) is 4.76. The molecule has 1 aliphatic rings. The Kier molecular flexibility index (Phi) is 7.46. The van der Waals surface area contributed by atoms with Crippen LogP contribution in [0.15, 0.2) is 47.5 Å². The summed E-state index contributed by atoms with van der Waals surface area (Å²) in [7, 11) is 1.30. The fourth-order valence-corrected chi connectivity index (χ4v) is 4.08. The van der Waals surface area contributed by atoms with Crippen LogP contribution in [0.2, 0.25) is 5.02 Å². The monoisotopic (exact) mass is 460 g/mol. The van der Waals surface area contributed by atoms with E-state index >= 15 is 0 Å². The first kappa shape index (κ1) is 23.0. The van der Waals surface area contributed by atoms with Crippen molar-refractivity contribution in [3.8, 4) is 0 Å². The zero-order valence-electron chi connectivity index (χ0n) is 17.1. The van der Waals surface area contributed by atoms with Crippen molar-refractivity contribution < 1.29 is 13.9 Å². The summed E-state index contributed by atoms with van der Waals surface area (Å²) in [6.45, 7) is 1.92. The minimum absolute atomic E-state index is 0.0322. The number of hydrogen-bond donors (Lipinski definition) is 2. The van der Waals surface area contributed by atoms with E-state index in [2.05, 4.69) is 0 Å². The molecule has 3 rings (SSSR count). The molecule has 2 aromatic rings. The van der Waals surface area contributed by atoms with Crippen LogP contribution in [0.3, 0.4) is 0 Å². The van der Waals surface area contributed by atoms with Crippen LogP contribution >= 0.6 is 23.4 Å². The quantitative estimate of drug-likeness (QED) is 0.368. The van der Waals surface area contributed by atoms with Gasteiger partial charge in [-0.05, 0) is 42.5 Å². The molecule has 31 heavy (non-hydrogen) atoms. The molecular formula is C22H22ClFN4O2S. The van der Waals surface area contributed by atoms with Gasteiger partial charge in [0, 0.05) is 22.6 Å². The van der Waals surface area contributed by atoms with Crippen molar-refractivity contribution in [1.29, 1.82) is 10.8 Å². The van der Waals surface area contributed by atoms with E-state index in [1.165, 1.54) is 29.8 Å². The second-order valence-corrected chi connectivity index (χ2v) is 8.40. The summed E-state index contributed by atoms with van der Waals surface area (Å²) in [5.41, 5.74) is 1.62. The SMILES string of the molecule is CCSC(=N)N1C(=N)[C@H](CCC(=O)OC)N=C(c2ccccc2F)c2cc(Cl)ccc21. The van der Waals surface area contributed by atoms with E-state index < -0.39 is 17.8 Å². The molecule has 9 heteroatoms. The molecule has 0 fully saturated rings. The molecule has 1 aliphatic heterocycles. The lowest BCUT2D eigenvalue weighted by molar-refractivity contribution is -0.140. The number of carbonyl (C=O) groups is 1. The Morgan fingerprint density at radius 3 is 2.71 bits per heavy atom. The largest absolute Gasteiger partial charge is 0.469 e. The van der Waals surface area contributed by atoms with Crippen LogP contribution in [-0.4, -0.2) is 41.6 Å². The molecule has 0 aromatic heterocycles. The topological polar surface area (TPSA) is 89.6 Å². The summed E-state index contributed by atoms with van der Waals surface area (Å²) in [4.78, 5) is 17.9. The average molecular weight is 461 g/mol. The molecule has 2 N–H and O–H groups in total. The summed E-state index contributed by atoms with van der Waals surface area (Å²) in [5.74, 6) is -0.217. The van der Waals surface area contributed by atoms with E-state index in [9.17, 15) is 9.18 Å². The molecule has 0 spiro atoms. The lowest BCUT2D eigenvalue weighted by Crippen LogP contribution is -2.40. The third-order valence-corrected chi connectivity index (χ3v) is 5.74. The predicted molar refractivity (Wildman–Crippen MR) is 125 cm³/mol.